The molecular formula is C12H15F2N. The second-order valence-corrected chi connectivity index (χ2v) is 4.20. The van der Waals surface area contributed by atoms with Crippen molar-refractivity contribution < 1.29 is 8.78 Å². The summed E-state index contributed by atoms with van der Waals surface area (Å²) in [6.07, 6.45) is 5.02. The van der Waals surface area contributed by atoms with Crippen LogP contribution in [0.4, 0.5) is 14.5 Å². The highest BCUT2D eigenvalue weighted by molar-refractivity contribution is 5.44. The van der Waals surface area contributed by atoms with Crippen LogP contribution in [0.2, 0.25) is 0 Å². The van der Waals surface area contributed by atoms with E-state index >= 15 is 0 Å². The maximum atomic E-state index is 13.7. The van der Waals surface area contributed by atoms with Gasteiger partial charge in [0.25, 0.3) is 0 Å². The minimum atomic E-state index is -0.554. The van der Waals surface area contributed by atoms with Crippen LogP contribution in [0.5, 0.6) is 0 Å². The molecular weight excluding hydrogens is 196 g/mol. The highest BCUT2D eigenvalue weighted by Crippen LogP contribution is 2.36. The Kier molecular flexibility index (Phi) is 2.89. The largest absolute Gasteiger partial charge is 0.396 e. The monoisotopic (exact) mass is 211 g/mol. The molecule has 1 fully saturated rings. The van der Waals surface area contributed by atoms with E-state index in [0.717, 1.165) is 25.7 Å². The molecule has 0 heterocycles. The molecule has 1 saturated carbocycles. The van der Waals surface area contributed by atoms with Crippen LogP contribution in [0.25, 0.3) is 0 Å². The van der Waals surface area contributed by atoms with Gasteiger partial charge in [-0.2, -0.15) is 0 Å². The molecule has 0 radical (unpaired) electrons. The number of anilines is 1. The molecule has 0 spiro atoms. The molecule has 1 aliphatic rings. The number of benzene rings is 1. The lowest BCUT2D eigenvalue weighted by molar-refractivity contribution is 0.414. The third kappa shape index (κ3) is 1.96. The van der Waals surface area contributed by atoms with Gasteiger partial charge < -0.3 is 5.73 Å². The summed E-state index contributed by atoms with van der Waals surface area (Å²) in [6, 6.07) is 2.55. The number of halogens is 2. The second kappa shape index (κ2) is 4.17. The highest BCUT2D eigenvalue weighted by atomic mass is 19.1. The van der Waals surface area contributed by atoms with Gasteiger partial charge in [0.2, 0.25) is 0 Å². The van der Waals surface area contributed by atoms with Gasteiger partial charge in [-0.3, -0.25) is 0 Å². The van der Waals surface area contributed by atoms with Crippen LogP contribution < -0.4 is 5.73 Å². The summed E-state index contributed by atoms with van der Waals surface area (Å²) in [5.41, 5.74) is 5.71. The standard InChI is InChI=1S/C12H15F2N/c13-9-6-7-10(15)12(14)11(9)8-4-2-1-3-5-8/h6-8H,1-5,15H2. The van der Waals surface area contributed by atoms with Gasteiger partial charge in [-0.1, -0.05) is 19.3 Å². The van der Waals surface area contributed by atoms with Crippen molar-refractivity contribution in [3.8, 4) is 0 Å². The predicted molar refractivity (Wildman–Crippen MR) is 56.6 cm³/mol. The van der Waals surface area contributed by atoms with Gasteiger partial charge in [0.05, 0.1) is 5.69 Å². The molecule has 0 amide bonds. The van der Waals surface area contributed by atoms with E-state index in [0.29, 0.717) is 0 Å². The lowest BCUT2D eigenvalue weighted by atomic mass is 9.83. The number of hydrogen-bond acceptors (Lipinski definition) is 1. The molecule has 1 aliphatic carbocycles. The Bertz CT molecular complexity index is 357. The molecule has 2 N–H and O–H groups in total. The highest BCUT2D eigenvalue weighted by Gasteiger charge is 2.23. The van der Waals surface area contributed by atoms with Gasteiger partial charge in [0.15, 0.2) is 5.82 Å². The van der Waals surface area contributed by atoms with Crippen molar-refractivity contribution in [1.29, 1.82) is 0 Å². The fourth-order valence-electron chi connectivity index (χ4n) is 2.35. The third-order valence-electron chi connectivity index (χ3n) is 3.17. The molecule has 2 rings (SSSR count). The SMILES string of the molecule is Nc1ccc(F)c(C2CCCCC2)c1F. The Hall–Kier alpha value is -1.12. The maximum absolute atomic E-state index is 13.7. The first-order chi connectivity index (χ1) is 7.20. The van der Waals surface area contributed by atoms with E-state index < -0.39 is 11.6 Å². The van der Waals surface area contributed by atoms with Crippen LogP contribution >= 0.6 is 0 Å². The quantitative estimate of drug-likeness (QED) is 0.706. The van der Waals surface area contributed by atoms with Crippen molar-refractivity contribution in [3.05, 3.63) is 29.3 Å². The van der Waals surface area contributed by atoms with Crippen LogP contribution in [-0.4, -0.2) is 0 Å². The molecule has 82 valence electrons. The van der Waals surface area contributed by atoms with Crippen molar-refractivity contribution in [2.75, 3.05) is 5.73 Å². The van der Waals surface area contributed by atoms with Gasteiger partial charge >= 0.3 is 0 Å². The smallest absolute Gasteiger partial charge is 0.152 e. The van der Waals surface area contributed by atoms with Gasteiger partial charge in [-0.25, -0.2) is 8.78 Å². The molecule has 0 aliphatic heterocycles. The zero-order valence-electron chi connectivity index (χ0n) is 8.60. The van der Waals surface area contributed by atoms with Gasteiger partial charge in [-0.15, -0.1) is 0 Å². The van der Waals surface area contributed by atoms with E-state index in [2.05, 4.69) is 0 Å². The van der Waals surface area contributed by atoms with Crippen molar-refractivity contribution in [2.24, 2.45) is 0 Å². The van der Waals surface area contributed by atoms with E-state index in [1.165, 1.54) is 18.6 Å². The van der Waals surface area contributed by atoms with Crippen molar-refractivity contribution in [2.45, 2.75) is 38.0 Å². The summed E-state index contributed by atoms with van der Waals surface area (Å²) in [7, 11) is 0. The molecule has 0 bridgehead atoms. The van der Waals surface area contributed by atoms with Crippen molar-refractivity contribution in [1.82, 2.24) is 0 Å². The molecule has 1 nitrogen and oxygen atoms in total. The summed E-state index contributed by atoms with van der Waals surface area (Å²) in [5.74, 6) is -0.988. The Balaban J connectivity index is 2.36. The first kappa shape index (κ1) is 10.4. The normalized spacial score (nSPS) is 18.0. The Morgan fingerprint density at radius 2 is 1.73 bits per heavy atom. The fourth-order valence-corrected chi connectivity index (χ4v) is 2.35. The maximum Gasteiger partial charge on any atom is 0.152 e. The first-order valence-electron chi connectivity index (χ1n) is 5.43. The molecule has 1 aromatic rings. The lowest BCUT2D eigenvalue weighted by Gasteiger charge is -2.23. The van der Waals surface area contributed by atoms with Gasteiger partial charge in [0.1, 0.15) is 5.82 Å². The summed E-state index contributed by atoms with van der Waals surface area (Å²) < 4.78 is 27.2. The molecule has 15 heavy (non-hydrogen) atoms. The Morgan fingerprint density at radius 1 is 1.07 bits per heavy atom. The number of hydrogen-bond donors (Lipinski definition) is 1. The van der Waals surface area contributed by atoms with E-state index in [9.17, 15) is 8.78 Å². The van der Waals surface area contributed by atoms with Gasteiger partial charge in [0, 0.05) is 5.56 Å². The van der Waals surface area contributed by atoms with E-state index in [1.807, 2.05) is 0 Å². The van der Waals surface area contributed by atoms with E-state index in [-0.39, 0.29) is 17.2 Å². The van der Waals surface area contributed by atoms with Crippen molar-refractivity contribution in [3.63, 3.8) is 0 Å². The minimum Gasteiger partial charge on any atom is -0.396 e. The Labute approximate surface area is 88.3 Å². The molecule has 0 saturated heterocycles. The van der Waals surface area contributed by atoms with Gasteiger partial charge in [-0.05, 0) is 30.9 Å². The second-order valence-electron chi connectivity index (χ2n) is 4.20. The number of rotatable bonds is 1. The summed E-state index contributed by atoms with van der Waals surface area (Å²) >= 11 is 0. The third-order valence-corrected chi connectivity index (χ3v) is 3.17. The number of nitrogen functional groups attached to an aromatic ring is 1. The summed E-state index contributed by atoms with van der Waals surface area (Å²) in [5, 5.41) is 0. The van der Waals surface area contributed by atoms with Crippen LogP contribution in [0.1, 0.15) is 43.6 Å². The number of nitrogens with two attached hydrogens (primary N) is 1. The Morgan fingerprint density at radius 3 is 2.40 bits per heavy atom. The average molecular weight is 211 g/mol. The van der Waals surface area contributed by atoms with Crippen LogP contribution in [0, 0.1) is 11.6 Å². The first-order valence-corrected chi connectivity index (χ1v) is 5.43. The topological polar surface area (TPSA) is 26.0 Å². The molecule has 0 atom stereocenters. The van der Waals surface area contributed by atoms with Crippen LogP contribution in [-0.2, 0) is 0 Å². The van der Waals surface area contributed by atoms with E-state index in [1.54, 1.807) is 0 Å². The summed E-state index contributed by atoms with van der Waals surface area (Å²) in [4.78, 5) is 0. The summed E-state index contributed by atoms with van der Waals surface area (Å²) in [6.45, 7) is 0. The van der Waals surface area contributed by atoms with Crippen LogP contribution in [0.3, 0.4) is 0 Å². The molecule has 0 unspecified atom stereocenters. The average Bonchev–Trinajstić information content (AvgIpc) is 2.26. The molecule has 0 aromatic heterocycles. The van der Waals surface area contributed by atoms with E-state index in [4.69, 9.17) is 5.73 Å². The van der Waals surface area contributed by atoms with Crippen LogP contribution in [0.15, 0.2) is 12.1 Å². The fraction of sp³-hybridized carbons (Fsp3) is 0.500. The molecule has 3 heteroatoms. The predicted octanol–water partition coefficient (Wildman–Crippen LogP) is 3.59. The zero-order valence-corrected chi connectivity index (χ0v) is 8.60. The lowest BCUT2D eigenvalue weighted by Crippen LogP contribution is -2.10. The zero-order chi connectivity index (χ0) is 10.8. The molecule has 1 aromatic carbocycles. The minimum absolute atomic E-state index is 0.0160. The van der Waals surface area contributed by atoms with Crippen molar-refractivity contribution >= 4 is 5.69 Å².